The van der Waals surface area contributed by atoms with Crippen LogP contribution in [-0.4, -0.2) is 49.3 Å². The first-order chi connectivity index (χ1) is 15.7. The van der Waals surface area contributed by atoms with Gasteiger partial charge >= 0.3 is 0 Å². The highest BCUT2D eigenvalue weighted by molar-refractivity contribution is 7.92. The number of sulfonamides is 1. The van der Waals surface area contributed by atoms with E-state index >= 15 is 0 Å². The fourth-order valence-corrected chi connectivity index (χ4v) is 5.16. The highest BCUT2D eigenvalue weighted by Gasteiger charge is 2.26. The quantitative estimate of drug-likeness (QED) is 0.405. The summed E-state index contributed by atoms with van der Waals surface area (Å²) in [5.41, 5.74) is -1.71. The van der Waals surface area contributed by atoms with Crippen LogP contribution >= 0.6 is 11.3 Å². The molecule has 176 valence electrons. The number of carbonyl (C=O) groups excluding carboxylic acids is 1. The Kier molecular flexibility index (Phi) is 6.41. The molecule has 33 heavy (non-hydrogen) atoms. The Hall–Kier alpha value is -2.97. The van der Waals surface area contributed by atoms with Gasteiger partial charge in [-0.25, -0.2) is 31.6 Å². The second-order valence-electron chi connectivity index (χ2n) is 7.21. The van der Waals surface area contributed by atoms with Crippen molar-refractivity contribution in [3.63, 3.8) is 0 Å². The average molecular weight is 502 g/mol. The van der Waals surface area contributed by atoms with Crippen LogP contribution in [0.5, 0.6) is 0 Å². The maximum absolute atomic E-state index is 14.9. The van der Waals surface area contributed by atoms with E-state index in [2.05, 4.69) is 15.3 Å². The molecule has 9 nitrogen and oxygen atoms in total. The summed E-state index contributed by atoms with van der Waals surface area (Å²) < 4.78 is 74.7. The van der Waals surface area contributed by atoms with Gasteiger partial charge < -0.3 is 15.4 Å². The molecule has 3 aromatic rings. The molecule has 0 aliphatic carbocycles. The average Bonchev–Trinajstić information content (AvgIpc) is 3.16. The lowest BCUT2D eigenvalue weighted by atomic mass is 10.2. The summed E-state index contributed by atoms with van der Waals surface area (Å²) >= 11 is 1.14. The van der Waals surface area contributed by atoms with Crippen LogP contribution in [0.3, 0.4) is 0 Å². The predicted octanol–water partition coefficient (Wildman–Crippen LogP) is 3.32. The normalized spacial score (nSPS) is 14.2. The van der Waals surface area contributed by atoms with Gasteiger partial charge in [0.05, 0.1) is 46.5 Å². The van der Waals surface area contributed by atoms with E-state index in [0.29, 0.717) is 29.8 Å². The number of nitrogens with one attached hydrogen (secondary N) is 3. The van der Waals surface area contributed by atoms with Crippen molar-refractivity contribution in [1.29, 1.82) is 0 Å². The first-order valence-corrected chi connectivity index (χ1v) is 12.3. The molecule has 1 aliphatic rings. The molecule has 0 radical (unpaired) electrons. The van der Waals surface area contributed by atoms with E-state index in [-0.39, 0.29) is 29.3 Å². The molecule has 1 fully saturated rings. The number of carbonyl (C=O) groups is 1. The van der Waals surface area contributed by atoms with Crippen molar-refractivity contribution in [2.24, 2.45) is 0 Å². The number of rotatable bonds is 8. The van der Waals surface area contributed by atoms with Crippen LogP contribution in [0.15, 0.2) is 17.8 Å². The maximum Gasteiger partial charge on any atom is 0.258 e. The lowest BCUT2D eigenvalue weighted by Gasteiger charge is -2.27. The number of nitrogens with zero attached hydrogens (tertiary/aromatic N) is 2. The SMILES string of the molecule is CCCS(=O)(=O)Nc1cc(F)c(F)c(NC(=O)c2csc3c(NC4COC4)ncnc23)c1F. The molecular formula is C19H18F3N5O4S2. The Morgan fingerprint density at radius 3 is 2.67 bits per heavy atom. The number of thiophene rings is 1. The van der Waals surface area contributed by atoms with E-state index in [1.54, 1.807) is 6.92 Å². The topological polar surface area (TPSA) is 122 Å². The standard InChI is InChI=1S/C19H18F3N5O4S2/c1-2-3-33(29,30)27-12-4-11(20)13(21)16(14(12)22)26-19(28)10-7-32-17-15(10)23-8-24-18(17)25-9-5-31-6-9/h4,7-9,27H,2-3,5-6H2,1H3,(H,26,28)(H,23,24,25). The molecule has 0 bridgehead atoms. The first-order valence-electron chi connectivity index (χ1n) is 9.76. The van der Waals surface area contributed by atoms with Crippen LogP contribution in [0.25, 0.3) is 10.2 Å². The number of hydrogen-bond acceptors (Lipinski definition) is 8. The van der Waals surface area contributed by atoms with Gasteiger partial charge in [0.15, 0.2) is 17.5 Å². The van der Waals surface area contributed by atoms with Gasteiger partial charge in [-0.2, -0.15) is 0 Å². The van der Waals surface area contributed by atoms with Gasteiger partial charge in [-0.3, -0.25) is 9.52 Å². The second-order valence-corrected chi connectivity index (χ2v) is 9.93. The van der Waals surface area contributed by atoms with Crippen molar-refractivity contribution in [2.45, 2.75) is 19.4 Å². The lowest BCUT2D eigenvalue weighted by molar-refractivity contribution is 0.0210. The van der Waals surface area contributed by atoms with E-state index in [1.165, 1.54) is 11.7 Å². The molecule has 1 aromatic carbocycles. The van der Waals surface area contributed by atoms with E-state index in [1.807, 2.05) is 10.0 Å². The van der Waals surface area contributed by atoms with Crippen LogP contribution in [0.2, 0.25) is 0 Å². The Labute approximate surface area is 190 Å². The van der Waals surface area contributed by atoms with E-state index < -0.39 is 44.8 Å². The fourth-order valence-electron chi connectivity index (χ4n) is 3.08. The molecule has 2 aromatic heterocycles. The minimum absolute atomic E-state index is 0.0125. The number of hydrogen-bond donors (Lipinski definition) is 3. The zero-order chi connectivity index (χ0) is 23.8. The molecule has 0 unspecified atom stereocenters. The largest absolute Gasteiger partial charge is 0.377 e. The van der Waals surface area contributed by atoms with E-state index in [9.17, 15) is 26.4 Å². The van der Waals surface area contributed by atoms with Crippen LogP contribution in [-0.2, 0) is 14.8 Å². The van der Waals surface area contributed by atoms with Gasteiger partial charge in [0.1, 0.15) is 17.8 Å². The summed E-state index contributed by atoms with van der Waals surface area (Å²) in [6, 6.07) is 0.441. The summed E-state index contributed by atoms with van der Waals surface area (Å²) in [6.45, 7) is 2.60. The maximum atomic E-state index is 14.9. The summed E-state index contributed by atoms with van der Waals surface area (Å²) in [4.78, 5) is 21.0. The fraction of sp³-hybridized carbons (Fsp3) is 0.316. The lowest BCUT2D eigenvalue weighted by Crippen LogP contribution is -2.40. The monoisotopic (exact) mass is 501 g/mol. The molecule has 4 rings (SSSR count). The summed E-state index contributed by atoms with van der Waals surface area (Å²) in [6.07, 6.45) is 1.46. The van der Waals surface area contributed by atoms with Gasteiger partial charge in [-0.1, -0.05) is 6.92 Å². The van der Waals surface area contributed by atoms with Crippen molar-refractivity contribution >= 4 is 54.7 Å². The highest BCUT2D eigenvalue weighted by atomic mass is 32.2. The second kappa shape index (κ2) is 9.11. The number of amides is 1. The van der Waals surface area contributed by atoms with Crippen molar-refractivity contribution < 1.29 is 31.1 Å². The van der Waals surface area contributed by atoms with Crippen molar-refractivity contribution in [3.05, 3.63) is 40.8 Å². The molecule has 0 saturated carbocycles. The summed E-state index contributed by atoms with van der Waals surface area (Å²) in [5.74, 6) is -5.48. The highest BCUT2D eigenvalue weighted by Crippen LogP contribution is 2.33. The molecule has 14 heteroatoms. The zero-order valence-corrected chi connectivity index (χ0v) is 18.7. The number of fused-ring (bicyclic) bond motifs is 1. The third-order valence-corrected chi connectivity index (χ3v) is 7.16. The van der Waals surface area contributed by atoms with Crippen molar-refractivity contribution in [1.82, 2.24) is 9.97 Å². The Morgan fingerprint density at radius 2 is 2.00 bits per heavy atom. The molecule has 1 amide bonds. The smallest absolute Gasteiger partial charge is 0.258 e. The Balaban J connectivity index is 1.64. The van der Waals surface area contributed by atoms with Gasteiger partial charge in [0, 0.05) is 11.4 Å². The molecule has 0 spiro atoms. The van der Waals surface area contributed by atoms with Crippen molar-refractivity contribution in [3.8, 4) is 0 Å². The molecule has 3 N–H and O–H groups in total. The van der Waals surface area contributed by atoms with Crippen LogP contribution < -0.4 is 15.4 Å². The van der Waals surface area contributed by atoms with Crippen LogP contribution in [0.4, 0.5) is 30.4 Å². The number of anilines is 3. The summed E-state index contributed by atoms with van der Waals surface area (Å²) in [5, 5.41) is 6.58. The third-order valence-electron chi connectivity index (χ3n) is 4.71. The van der Waals surface area contributed by atoms with Crippen molar-refractivity contribution in [2.75, 3.05) is 34.3 Å². The molecule has 0 atom stereocenters. The molecule has 1 saturated heterocycles. The zero-order valence-electron chi connectivity index (χ0n) is 17.1. The van der Waals surface area contributed by atoms with Gasteiger partial charge in [-0.15, -0.1) is 11.3 Å². The number of benzene rings is 1. The Morgan fingerprint density at radius 1 is 1.24 bits per heavy atom. The minimum atomic E-state index is -3.99. The number of aromatic nitrogens is 2. The van der Waals surface area contributed by atoms with Crippen LogP contribution in [0.1, 0.15) is 23.7 Å². The Bertz CT molecular complexity index is 1330. The van der Waals surface area contributed by atoms with Gasteiger partial charge in [-0.05, 0) is 6.42 Å². The van der Waals surface area contributed by atoms with Crippen LogP contribution in [0, 0.1) is 17.5 Å². The number of halogens is 3. The van der Waals surface area contributed by atoms with Gasteiger partial charge in [0.2, 0.25) is 10.0 Å². The third kappa shape index (κ3) is 4.72. The first kappa shape index (κ1) is 23.2. The van der Waals surface area contributed by atoms with Gasteiger partial charge in [0.25, 0.3) is 5.91 Å². The minimum Gasteiger partial charge on any atom is -0.377 e. The molecular weight excluding hydrogens is 483 g/mol. The van der Waals surface area contributed by atoms with E-state index in [4.69, 9.17) is 4.74 Å². The molecule has 1 aliphatic heterocycles. The van der Waals surface area contributed by atoms with E-state index in [0.717, 1.165) is 11.3 Å². The number of ether oxygens (including phenoxy) is 1. The molecule has 3 heterocycles. The summed E-state index contributed by atoms with van der Waals surface area (Å²) in [7, 11) is -3.99. The predicted molar refractivity (Wildman–Crippen MR) is 118 cm³/mol.